The Hall–Kier alpha value is -3.05. The molecular formula is C21H20FN3O6S. The number of fused-ring (bicyclic) bond motifs is 3. The summed E-state index contributed by atoms with van der Waals surface area (Å²) in [5.74, 6) is -0.964. The standard InChI is InChI=1S/C21H20FN3O6S/c1-11-16(31-21(29)30-11)10-23-2-4-24(5-3-23)15-9-14-12(8-13(15)22)18(26)17(20(27)28)19-25(14)6-7-32-19/h8-9H,2-7,10H2,1H3,(H,27,28). The van der Waals surface area contributed by atoms with E-state index in [1.807, 2.05) is 4.90 Å². The summed E-state index contributed by atoms with van der Waals surface area (Å²) >= 11 is 1.33. The summed E-state index contributed by atoms with van der Waals surface area (Å²) in [5, 5.41) is 10.0. The van der Waals surface area contributed by atoms with E-state index in [1.165, 1.54) is 11.8 Å². The number of aromatic nitrogens is 1. The van der Waals surface area contributed by atoms with Crippen LogP contribution >= 0.6 is 11.8 Å². The van der Waals surface area contributed by atoms with Crippen molar-refractivity contribution in [3.63, 3.8) is 0 Å². The number of carboxylic acids is 1. The number of benzene rings is 1. The smallest absolute Gasteiger partial charge is 0.477 e. The molecule has 9 nitrogen and oxygen atoms in total. The minimum atomic E-state index is -1.29. The summed E-state index contributed by atoms with van der Waals surface area (Å²) in [4.78, 5) is 39.7. The molecule has 1 N–H and O–H groups in total. The highest BCUT2D eigenvalue weighted by Gasteiger charge is 2.28. The highest BCUT2D eigenvalue weighted by Crippen LogP contribution is 2.34. The van der Waals surface area contributed by atoms with E-state index in [0.717, 1.165) is 6.07 Å². The first kappa shape index (κ1) is 20.8. The molecule has 32 heavy (non-hydrogen) atoms. The van der Waals surface area contributed by atoms with Crippen molar-refractivity contribution in [2.45, 2.75) is 25.0 Å². The number of aryl methyl sites for hydroxylation is 2. The Morgan fingerprint density at radius 2 is 1.91 bits per heavy atom. The quantitative estimate of drug-likeness (QED) is 0.625. The van der Waals surface area contributed by atoms with Crippen LogP contribution < -0.4 is 16.2 Å². The van der Waals surface area contributed by atoms with Gasteiger partial charge in [0.05, 0.1) is 22.8 Å². The van der Waals surface area contributed by atoms with Crippen molar-refractivity contribution < 1.29 is 23.1 Å². The lowest BCUT2D eigenvalue weighted by Crippen LogP contribution is -2.46. The Balaban J connectivity index is 1.44. The van der Waals surface area contributed by atoms with Gasteiger partial charge in [0, 0.05) is 43.9 Å². The molecule has 0 atom stereocenters. The van der Waals surface area contributed by atoms with Crippen LogP contribution in [0.2, 0.25) is 0 Å². The number of hydrogen-bond donors (Lipinski definition) is 1. The van der Waals surface area contributed by atoms with Crippen molar-refractivity contribution in [3.8, 4) is 0 Å². The summed E-state index contributed by atoms with van der Waals surface area (Å²) in [6, 6.07) is 2.81. The number of anilines is 1. The first-order chi connectivity index (χ1) is 15.3. The molecule has 0 unspecified atom stereocenters. The van der Waals surface area contributed by atoms with Crippen LogP contribution in [0.5, 0.6) is 0 Å². The fraction of sp³-hybridized carbons (Fsp3) is 0.381. The molecule has 0 amide bonds. The molecule has 0 aliphatic carbocycles. The number of hydrogen-bond acceptors (Lipinski definition) is 8. The molecule has 0 radical (unpaired) electrons. The Morgan fingerprint density at radius 3 is 2.56 bits per heavy atom. The summed E-state index contributed by atoms with van der Waals surface area (Å²) in [6.45, 7) is 5.00. The number of piperazine rings is 1. The Kier molecular flexibility index (Phi) is 5.09. The average Bonchev–Trinajstić information content (AvgIpc) is 3.34. The number of carbonyl (C=O) groups is 1. The van der Waals surface area contributed by atoms with Crippen molar-refractivity contribution in [1.82, 2.24) is 9.47 Å². The molecule has 5 rings (SSSR count). The molecule has 1 aromatic carbocycles. The number of thioether (sulfide) groups is 1. The third-order valence-corrected chi connectivity index (χ3v) is 7.05. The van der Waals surface area contributed by atoms with Crippen LogP contribution in [0.25, 0.3) is 10.9 Å². The molecule has 168 valence electrons. The van der Waals surface area contributed by atoms with Gasteiger partial charge in [0.2, 0.25) is 5.43 Å². The maximum absolute atomic E-state index is 15.1. The largest absolute Gasteiger partial charge is 0.519 e. The van der Waals surface area contributed by atoms with E-state index in [-0.39, 0.29) is 10.9 Å². The van der Waals surface area contributed by atoms with Crippen molar-refractivity contribution in [2.75, 3.05) is 36.8 Å². The van der Waals surface area contributed by atoms with Gasteiger partial charge in [-0.05, 0) is 19.1 Å². The summed E-state index contributed by atoms with van der Waals surface area (Å²) < 4.78 is 26.8. The molecule has 2 aliphatic rings. The summed E-state index contributed by atoms with van der Waals surface area (Å²) in [6.07, 6.45) is 0. The van der Waals surface area contributed by atoms with Crippen LogP contribution in [0.4, 0.5) is 10.1 Å². The second-order valence-electron chi connectivity index (χ2n) is 7.83. The third-order valence-electron chi connectivity index (χ3n) is 5.97. The van der Waals surface area contributed by atoms with Crippen molar-refractivity contribution in [2.24, 2.45) is 0 Å². The molecule has 0 bridgehead atoms. The van der Waals surface area contributed by atoms with E-state index in [1.54, 1.807) is 17.6 Å². The molecule has 2 aliphatic heterocycles. The van der Waals surface area contributed by atoms with E-state index in [4.69, 9.17) is 8.83 Å². The van der Waals surface area contributed by atoms with Crippen LogP contribution in [0.1, 0.15) is 21.9 Å². The third kappa shape index (κ3) is 3.41. The van der Waals surface area contributed by atoms with E-state index >= 15 is 4.39 Å². The highest BCUT2D eigenvalue weighted by molar-refractivity contribution is 7.99. The van der Waals surface area contributed by atoms with Crippen LogP contribution in [0.15, 0.2) is 35.6 Å². The molecule has 0 spiro atoms. The SMILES string of the molecule is Cc1oc(=O)oc1CN1CCN(c2cc3c(cc2F)c(=O)c(C(=O)O)c2n3CCS2)CC1. The molecule has 3 aromatic rings. The van der Waals surface area contributed by atoms with E-state index in [2.05, 4.69) is 4.90 Å². The predicted molar refractivity (Wildman–Crippen MR) is 115 cm³/mol. The minimum Gasteiger partial charge on any atom is -0.477 e. The molecule has 0 saturated carbocycles. The zero-order valence-corrected chi connectivity index (χ0v) is 18.0. The molecule has 4 heterocycles. The molecule has 2 aromatic heterocycles. The van der Waals surface area contributed by atoms with Gasteiger partial charge in [0.1, 0.15) is 17.1 Å². The summed E-state index contributed by atoms with van der Waals surface area (Å²) in [5.41, 5.74) is -0.00535. The first-order valence-electron chi connectivity index (χ1n) is 10.2. The maximum Gasteiger partial charge on any atom is 0.519 e. The lowest BCUT2D eigenvalue weighted by atomic mass is 10.1. The predicted octanol–water partition coefficient (Wildman–Crippen LogP) is 2.12. The number of carboxylic acid groups (broad SMARTS) is 1. The highest BCUT2D eigenvalue weighted by atomic mass is 32.2. The van der Waals surface area contributed by atoms with Gasteiger partial charge in [-0.3, -0.25) is 9.69 Å². The topological polar surface area (TPSA) is 109 Å². The monoisotopic (exact) mass is 461 g/mol. The Morgan fingerprint density at radius 1 is 1.16 bits per heavy atom. The number of nitrogens with zero attached hydrogens (tertiary/aromatic N) is 3. The normalized spacial score (nSPS) is 16.6. The van der Waals surface area contributed by atoms with E-state index in [0.29, 0.717) is 72.8 Å². The van der Waals surface area contributed by atoms with Gasteiger partial charge in [0.15, 0.2) is 5.76 Å². The van der Waals surface area contributed by atoms with Gasteiger partial charge in [0.25, 0.3) is 0 Å². The lowest BCUT2D eigenvalue weighted by molar-refractivity contribution is 0.0690. The van der Waals surface area contributed by atoms with Gasteiger partial charge < -0.3 is 23.4 Å². The van der Waals surface area contributed by atoms with E-state index in [9.17, 15) is 19.5 Å². The van der Waals surface area contributed by atoms with Crippen molar-refractivity contribution in [1.29, 1.82) is 0 Å². The first-order valence-corrected chi connectivity index (χ1v) is 11.1. The second-order valence-corrected chi connectivity index (χ2v) is 8.92. The van der Waals surface area contributed by atoms with Crippen molar-refractivity contribution >= 4 is 34.3 Å². The number of pyridine rings is 1. The molecule has 1 saturated heterocycles. The van der Waals surface area contributed by atoms with Crippen molar-refractivity contribution in [3.05, 3.63) is 55.9 Å². The zero-order chi connectivity index (χ0) is 22.6. The van der Waals surface area contributed by atoms with Gasteiger partial charge in [-0.1, -0.05) is 0 Å². The second kappa shape index (κ2) is 7.82. The maximum atomic E-state index is 15.1. The van der Waals surface area contributed by atoms with Crippen LogP contribution in [-0.4, -0.2) is 52.5 Å². The van der Waals surface area contributed by atoms with Gasteiger partial charge >= 0.3 is 11.8 Å². The molecule has 1 fully saturated rings. The average molecular weight is 461 g/mol. The minimum absolute atomic E-state index is 0.0824. The zero-order valence-electron chi connectivity index (χ0n) is 17.2. The van der Waals surface area contributed by atoms with Crippen LogP contribution in [0.3, 0.4) is 0 Å². The molecule has 11 heteroatoms. The van der Waals surface area contributed by atoms with Gasteiger partial charge in [-0.25, -0.2) is 14.0 Å². The number of aromatic carboxylic acids is 1. The molecular weight excluding hydrogens is 441 g/mol. The Bertz CT molecular complexity index is 1350. The number of halogens is 1. The van der Waals surface area contributed by atoms with Crippen LogP contribution in [-0.2, 0) is 13.1 Å². The van der Waals surface area contributed by atoms with Gasteiger partial charge in [-0.2, -0.15) is 0 Å². The fourth-order valence-electron chi connectivity index (χ4n) is 4.34. The Labute approximate surface area is 185 Å². The van der Waals surface area contributed by atoms with Gasteiger partial charge in [-0.15, -0.1) is 11.8 Å². The van der Waals surface area contributed by atoms with E-state index < -0.39 is 23.0 Å². The lowest BCUT2D eigenvalue weighted by Gasteiger charge is -2.36. The summed E-state index contributed by atoms with van der Waals surface area (Å²) in [7, 11) is 0. The number of rotatable bonds is 4. The van der Waals surface area contributed by atoms with Crippen LogP contribution in [0, 0.1) is 12.7 Å². The fourth-order valence-corrected chi connectivity index (χ4v) is 5.47.